The molecule has 2 aliphatic rings. The summed E-state index contributed by atoms with van der Waals surface area (Å²) in [7, 11) is -0.455. The molecule has 2 heterocycles. The third kappa shape index (κ3) is 1.92. The van der Waals surface area contributed by atoms with Gasteiger partial charge in [-0.15, -0.1) is 0 Å². The number of nitrogens with zero attached hydrogens (tertiary/aromatic N) is 1. The first-order valence-corrected chi connectivity index (χ1v) is 6.49. The second-order valence-electron chi connectivity index (χ2n) is 6.11. The Hall–Kier alpha value is -1.20. The zero-order valence-electron chi connectivity index (χ0n) is 11.7. The van der Waals surface area contributed by atoms with Gasteiger partial charge in [-0.05, 0) is 38.7 Å². The zero-order chi connectivity index (χ0) is 13.8. The van der Waals surface area contributed by atoms with E-state index in [4.69, 9.17) is 9.31 Å². The van der Waals surface area contributed by atoms with Gasteiger partial charge in [-0.3, -0.25) is 4.99 Å². The highest BCUT2D eigenvalue weighted by molar-refractivity contribution is 6.62. The van der Waals surface area contributed by atoms with E-state index < -0.39 is 13.1 Å². The molecule has 19 heavy (non-hydrogen) atoms. The standard InChI is InChI=1S/C14H17BFNO2/c1-13(2)14(3,4)19-15(18-13)10-6-5-9-8-17-12(16)11(9)7-10/h5-7H,8H2,1-4H3. The first-order chi connectivity index (χ1) is 8.80. The molecule has 2 aliphatic heterocycles. The molecule has 3 rings (SSSR count). The van der Waals surface area contributed by atoms with Crippen LogP contribution in [0.4, 0.5) is 4.39 Å². The molecule has 1 aromatic rings. The van der Waals surface area contributed by atoms with Gasteiger partial charge in [0.1, 0.15) is 0 Å². The van der Waals surface area contributed by atoms with E-state index in [0.29, 0.717) is 12.1 Å². The van der Waals surface area contributed by atoms with Crippen molar-refractivity contribution in [1.29, 1.82) is 0 Å². The fourth-order valence-corrected chi connectivity index (χ4v) is 2.29. The minimum atomic E-state index is -0.455. The predicted molar refractivity (Wildman–Crippen MR) is 73.5 cm³/mol. The predicted octanol–water partition coefficient (Wildman–Crippen LogP) is 2.22. The molecule has 0 aromatic heterocycles. The molecule has 0 aliphatic carbocycles. The molecule has 1 aromatic carbocycles. The highest BCUT2D eigenvalue weighted by Gasteiger charge is 2.51. The Kier molecular flexibility index (Phi) is 2.63. The van der Waals surface area contributed by atoms with Gasteiger partial charge >= 0.3 is 7.12 Å². The minimum absolute atomic E-state index is 0.386. The summed E-state index contributed by atoms with van der Waals surface area (Å²) in [5.41, 5.74) is 1.54. The second-order valence-corrected chi connectivity index (χ2v) is 6.11. The minimum Gasteiger partial charge on any atom is -0.399 e. The Morgan fingerprint density at radius 1 is 1.16 bits per heavy atom. The summed E-state index contributed by atoms with van der Waals surface area (Å²) in [5.74, 6) is -0.395. The fourth-order valence-electron chi connectivity index (χ4n) is 2.29. The van der Waals surface area contributed by atoms with Crippen LogP contribution in [0.5, 0.6) is 0 Å². The lowest BCUT2D eigenvalue weighted by molar-refractivity contribution is 0.00578. The van der Waals surface area contributed by atoms with Crippen LogP contribution in [0.15, 0.2) is 23.2 Å². The molecule has 0 N–H and O–H groups in total. The molecular formula is C14H17BFNO2. The summed E-state index contributed by atoms with van der Waals surface area (Å²) < 4.78 is 25.5. The summed E-state index contributed by atoms with van der Waals surface area (Å²) in [5, 5.41) is 0. The van der Waals surface area contributed by atoms with Crippen molar-refractivity contribution >= 4 is 18.5 Å². The Balaban J connectivity index is 1.93. The first kappa shape index (κ1) is 12.8. The van der Waals surface area contributed by atoms with Crippen molar-refractivity contribution in [3.05, 3.63) is 29.3 Å². The van der Waals surface area contributed by atoms with E-state index in [1.165, 1.54) is 0 Å². The number of benzene rings is 1. The van der Waals surface area contributed by atoms with Gasteiger partial charge < -0.3 is 9.31 Å². The normalized spacial score (nSPS) is 23.4. The van der Waals surface area contributed by atoms with Crippen molar-refractivity contribution < 1.29 is 13.7 Å². The average molecular weight is 261 g/mol. The van der Waals surface area contributed by atoms with Crippen molar-refractivity contribution in [2.24, 2.45) is 4.99 Å². The number of aliphatic imine (C=N–C) groups is 1. The molecule has 0 unspecified atom stereocenters. The Bertz CT molecular complexity index is 553. The van der Waals surface area contributed by atoms with Crippen molar-refractivity contribution in [1.82, 2.24) is 0 Å². The van der Waals surface area contributed by atoms with Gasteiger partial charge in [0, 0.05) is 5.56 Å². The van der Waals surface area contributed by atoms with Gasteiger partial charge in [-0.2, -0.15) is 4.39 Å². The third-order valence-corrected chi connectivity index (χ3v) is 4.27. The van der Waals surface area contributed by atoms with Gasteiger partial charge in [0.05, 0.1) is 17.7 Å². The molecule has 1 fully saturated rings. The topological polar surface area (TPSA) is 30.8 Å². The first-order valence-electron chi connectivity index (χ1n) is 6.49. The summed E-state index contributed by atoms with van der Waals surface area (Å²) >= 11 is 0. The van der Waals surface area contributed by atoms with Crippen LogP contribution < -0.4 is 5.46 Å². The van der Waals surface area contributed by atoms with E-state index in [2.05, 4.69) is 4.99 Å². The van der Waals surface area contributed by atoms with Gasteiger partial charge in [-0.25, -0.2) is 0 Å². The van der Waals surface area contributed by atoms with Crippen LogP contribution in [0.3, 0.4) is 0 Å². The highest BCUT2D eigenvalue weighted by atomic mass is 19.1. The van der Waals surface area contributed by atoms with Crippen LogP contribution in [0.1, 0.15) is 38.8 Å². The number of halogens is 1. The average Bonchev–Trinajstić information content (AvgIpc) is 2.78. The Morgan fingerprint density at radius 2 is 1.79 bits per heavy atom. The molecule has 100 valence electrons. The molecule has 5 heteroatoms. The van der Waals surface area contributed by atoms with E-state index in [1.54, 1.807) is 6.07 Å². The fraction of sp³-hybridized carbons (Fsp3) is 0.500. The zero-order valence-corrected chi connectivity index (χ0v) is 11.7. The second kappa shape index (κ2) is 3.90. The maximum absolute atomic E-state index is 13.6. The molecule has 0 spiro atoms. The molecule has 0 radical (unpaired) electrons. The van der Waals surface area contributed by atoms with Crippen LogP contribution in [-0.4, -0.2) is 24.3 Å². The van der Waals surface area contributed by atoms with Crippen molar-refractivity contribution in [2.75, 3.05) is 0 Å². The Labute approximate surface area is 113 Å². The molecule has 3 nitrogen and oxygen atoms in total. The molecule has 0 bridgehead atoms. The smallest absolute Gasteiger partial charge is 0.399 e. The van der Waals surface area contributed by atoms with E-state index in [0.717, 1.165) is 11.0 Å². The number of hydrogen-bond donors (Lipinski definition) is 0. The molecule has 0 amide bonds. The van der Waals surface area contributed by atoms with Crippen LogP contribution >= 0.6 is 0 Å². The van der Waals surface area contributed by atoms with E-state index >= 15 is 0 Å². The van der Waals surface area contributed by atoms with Crippen molar-refractivity contribution in [3.63, 3.8) is 0 Å². The van der Waals surface area contributed by atoms with Crippen molar-refractivity contribution in [2.45, 2.75) is 45.4 Å². The summed E-state index contributed by atoms with van der Waals surface area (Å²) in [6.45, 7) is 8.43. The summed E-state index contributed by atoms with van der Waals surface area (Å²) in [6.07, 6.45) is 0. The van der Waals surface area contributed by atoms with Gasteiger partial charge in [0.2, 0.25) is 5.97 Å². The number of rotatable bonds is 1. The van der Waals surface area contributed by atoms with E-state index in [9.17, 15) is 4.39 Å². The van der Waals surface area contributed by atoms with Crippen LogP contribution in [-0.2, 0) is 15.9 Å². The summed E-state index contributed by atoms with van der Waals surface area (Å²) in [4.78, 5) is 3.80. The largest absolute Gasteiger partial charge is 0.494 e. The monoisotopic (exact) mass is 261 g/mol. The van der Waals surface area contributed by atoms with Crippen LogP contribution in [0, 0.1) is 0 Å². The quantitative estimate of drug-likeness (QED) is 0.726. The van der Waals surface area contributed by atoms with Gasteiger partial charge in [-0.1, -0.05) is 18.2 Å². The molecule has 0 atom stereocenters. The van der Waals surface area contributed by atoms with Crippen molar-refractivity contribution in [3.8, 4) is 0 Å². The van der Waals surface area contributed by atoms with Crippen LogP contribution in [0.2, 0.25) is 0 Å². The maximum Gasteiger partial charge on any atom is 0.494 e. The lowest BCUT2D eigenvalue weighted by Gasteiger charge is -2.32. The highest BCUT2D eigenvalue weighted by Crippen LogP contribution is 2.36. The molecular weight excluding hydrogens is 244 g/mol. The number of fused-ring (bicyclic) bond motifs is 1. The lowest BCUT2D eigenvalue weighted by atomic mass is 9.78. The molecule has 0 saturated carbocycles. The molecule has 1 saturated heterocycles. The van der Waals surface area contributed by atoms with Crippen LogP contribution in [0.25, 0.3) is 0 Å². The number of hydrogen-bond acceptors (Lipinski definition) is 3. The van der Waals surface area contributed by atoms with Gasteiger partial charge in [0.15, 0.2) is 0 Å². The lowest BCUT2D eigenvalue weighted by Crippen LogP contribution is -2.41. The maximum atomic E-state index is 13.6. The Morgan fingerprint density at radius 3 is 2.42 bits per heavy atom. The van der Waals surface area contributed by atoms with Gasteiger partial charge in [0.25, 0.3) is 0 Å². The van der Waals surface area contributed by atoms with E-state index in [-0.39, 0.29) is 11.2 Å². The summed E-state index contributed by atoms with van der Waals surface area (Å²) in [6, 6.07) is 5.60. The van der Waals surface area contributed by atoms with E-state index in [1.807, 2.05) is 39.8 Å². The third-order valence-electron chi connectivity index (χ3n) is 4.27. The SMILES string of the molecule is CC1(C)OB(c2ccc3c(c2)C(F)=NC3)OC1(C)C.